The van der Waals surface area contributed by atoms with Gasteiger partial charge in [-0.2, -0.15) is 0 Å². The van der Waals surface area contributed by atoms with Crippen molar-refractivity contribution >= 4 is 18.3 Å². The summed E-state index contributed by atoms with van der Waals surface area (Å²) in [5.41, 5.74) is 4.60. The first kappa shape index (κ1) is 22.8. The van der Waals surface area contributed by atoms with Crippen molar-refractivity contribution in [1.29, 1.82) is 0 Å². The van der Waals surface area contributed by atoms with E-state index in [1.807, 2.05) is 60.7 Å². The summed E-state index contributed by atoms with van der Waals surface area (Å²) in [7, 11) is 0. The van der Waals surface area contributed by atoms with Crippen LogP contribution in [0.15, 0.2) is 121 Å². The Morgan fingerprint density at radius 1 is 0.529 bits per heavy atom. The summed E-state index contributed by atoms with van der Waals surface area (Å²) in [5.74, 6) is 0.895. The largest absolute Gasteiger partial charge is 0.519 e. The first-order valence-corrected chi connectivity index (χ1v) is 11.3. The average Bonchev–Trinajstić information content (AvgIpc) is 2.87. The molecule has 0 aromatic heterocycles. The molecule has 0 N–H and O–H groups in total. The molecule has 0 radical (unpaired) electrons. The lowest BCUT2D eigenvalue weighted by Gasteiger charge is -2.07. The monoisotopic (exact) mass is 446 g/mol. The molecule has 0 aliphatic heterocycles. The predicted octanol–water partition coefficient (Wildman–Crippen LogP) is 7.78. The van der Waals surface area contributed by atoms with E-state index < -0.39 is 6.16 Å². The first-order chi connectivity index (χ1) is 16.7. The van der Waals surface area contributed by atoms with Crippen molar-refractivity contribution in [3.63, 3.8) is 0 Å². The van der Waals surface area contributed by atoms with Crippen LogP contribution in [0.1, 0.15) is 22.3 Å². The maximum atomic E-state index is 12.1. The number of allylic oxidation sites excluding steroid dienone is 2. The first-order valence-electron chi connectivity index (χ1n) is 11.3. The molecule has 4 aromatic rings. The molecule has 0 fully saturated rings. The minimum atomic E-state index is -0.756. The fourth-order valence-corrected chi connectivity index (χ4v) is 3.39. The molecule has 0 spiro atoms. The van der Waals surface area contributed by atoms with Gasteiger partial charge in [-0.05, 0) is 59.4 Å². The van der Waals surface area contributed by atoms with Crippen molar-refractivity contribution in [2.24, 2.45) is 0 Å². The van der Waals surface area contributed by atoms with Crippen LogP contribution in [0.2, 0.25) is 0 Å². The second kappa shape index (κ2) is 12.0. The van der Waals surface area contributed by atoms with Crippen LogP contribution in [-0.4, -0.2) is 6.16 Å². The number of benzene rings is 4. The maximum Gasteiger partial charge on any atom is 0.519 e. The molecule has 0 amide bonds. The van der Waals surface area contributed by atoms with E-state index in [0.29, 0.717) is 11.5 Å². The Hall–Kier alpha value is -4.37. The van der Waals surface area contributed by atoms with Gasteiger partial charge in [-0.25, -0.2) is 4.79 Å². The predicted molar refractivity (Wildman–Crippen MR) is 138 cm³/mol. The Morgan fingerprint density at radius 3 is 1.29 bits per heavy atom. The van der Waals surface area contributed by atoms with E-state index in [4.69, 9.17) is 9.47 Å². The number of carbonyl (C=O) groups excluding carboxylic acids is 1. The van der Waals surface area contributed by atoms with Gasteiger partial charge >= 0.3 is 6.16 Å². The normalized spacial score (nSPS) is 11.1. The van der Waals surface area contributed by atoms with Gasteiger partial charge in [0.25, 0.3) is 0 Å². The lowest BCUT2D eigenvalue weighted by molar-refractivity contribution is 0.152. The fraction of sp³-hybridized carbons (Fsp3) is 0.0645. The van der Waals surface area contributed by atoms with E-state index in [2.05, 4.69) is 48.6 Å². The molecule has 0 aliphatic carbocycles. The second-order valence-corrected chi connectivity index (χ2v) is 7.78. The molecule has 0 unspecified atom stereocenters. The molecule has 0 saturated heterocycles. The number of hydrogen-bond donors (Lipinski definition) is 0. The third-order valence-electron chi connectivity index (χ3n) is 5.18. The molecule has 0 aliphatic rings. The summed E-state index contributed by atoms with van der Waals surface area (Å²) < 4.78 is 10.6. The molecule has 0 atom stereocenters. The van der Waals surface area contributed by atoms with Crippen LogP contribution in [-0.2, 0) is 12.8 Å². The molecule has 0 heterocycles. The summed E-state index contributed by atoms with van der Waals surface area (Å²) in [4.78, 5) is 12.1. The second-order valence-electron chi connectivity index (χ2n) is 7.78. The minimum Gasteiger partial charge on any atom is -0.395 e. The van der Waals surface area contributed by atoms with Gasteiger partial charge in [-0.3, -0.25) is 0 Å². The zero-order chi connectivity index (χ0) is 23.4. The van der Waals surface area contributed by atoms with E-state index >= 15 is 0 Å². The SMILES string of the molecule is O=C(Oc1ccc(CC=Cc2ccccc2)cc1)Oc1ccc(CC=Cc2ccccc2)cc1. The third-order valence-corrected chi connectivity index (χ3v) is 5.18. The maximum absolute atomic E-state index is 12.1. The zero-order valence-electron chi connectivity index (χ0n) is 18.8. The molecule has 4 rings (SSSR count). The average molecular weight is 447 g/mol. The Morgan fingerprint density at radius 2 is 0.912 bits per heavy atom. The number of rotatable bonds is 8. The van der Waals surface area contributed by atoms with Crippen LogP contribution in [0, 0.1) is 0 Å². The van der Waals surface area contributed by atoms with Crippen LogP contribution in [0.4, 0.5) is 4.79 Å². The highest BCUT2D eigenvalue weighted by atomic mass is 16.7. The van der Waals surface area contributed by atoms with Crippen LogP contribution in [0.5, 0.6) is 11.5 Å². The third kappa shape index (κ3) is 7.35. The topological polar surface area (TPSA) is 35.5 Å². The van der Waals surface area contributed by atoms with Gasteiger partial charge in [-0.1, -0.05) is 109 Å². The summed E-state index contributed by atoms with van der Waals surface area (Å²) in [6.07, 6.45) is 9.24. The van der Waals surface area contributed by atoms with Crippen molar-refractivity contribution in [3.8, 4) is 11.5 Å². The zero-order valence-corrected chi connectivity index (χ0v) is 18.8. The van der Waals surface area contributed by atoms with E-state index in [1.54, 1.807) is 24.3 Å². The highest BCUT2D eigenvalue weighted by molar-refractivity contribution is 5.67. The summed E-state index contributed by atoms with van der Waals surface area (Å²) in [5, 5.41) is 0. The van der Waals surface area contributed by atoms with Crippen LogP contribution < -0.4 is 9.47 Å². The van der Waals surface area contributed by atoms with E-state index in [0.717, 1.165) is 24.0 Å². The highest BCUT2D eigenvalue weighted by Crippen LogP contribution is 2.17. The highest BCUT2D eigenvalue weighted by Gasteiger charge is 2.08. The van der Waals surface area contributed by atoms with Gasteiger partial charge in [-0.15, -0.1) is 0 Å². The van der Waals surface area contributed by atoms with Crippen LogP contribution in [0.3, 0.4) is 0 Å². The summed E-state index contributed by atoms with van der Waals surface area (Å²) in [6.45, 7) is 0. The van der Waals surface area contributed by atoms with Crippen molar-refractivity contribution < 1.29 is 14.3 Å². The van der Waals surface area contributed by atoms with Gasteiger partial charge in [0.2, 0.25) is 0 Å². The standard InChI is InChI=1S/C31H26O3/c32-31(33-29-21-17-27(18-22-29)15-7-13-25-9-3-1-4-10-25)34-30-23-19-28(20-24-30)16-8-14-26-11-5-2-6-12-26/h1-14,17-24H,15-16H2. The van der Waals surface area contributed by atoms with Gasteiger partial charge < -0.3 is 9.47 Å². The summed E-state index contributed by atoms with van der Waals surface area (Å²) >= 11 is 0. The molecular weight excluding hydrogens is 420 g/mol. The fourth-order valence-electron chi connectivity index (χ4n) is 3.39. The molecule has 0 saturated carbocycles. The molecule has 34 heavy (non-hydrogen) atoms. The quantitative estimate of drug-likeness (QED) is 0.205. The Labute approximate surface area is 200 Å². The van der Waals surface area contributed by atoms with Crippen LogP contribution >= 0.6 is 0 Å². The van der Waals surface area contributed by atoms with E-state index in [1.165, 1.54) is 11.1 Å². The van der Waals surface area contributed by atoms with Gasteiger partial charge in [0.15, 0.2) is 0 Å². The van der Waals surface area contributed by atoms with Gasteiger partial charge in [0.1, 0.15) is 11.5 Å². The van der Waals surface area contributed by atoms with Crippen molar-refractivity contribution in [3.05, 3.63) is 144 Å². The number of hydrogen-bond acceptors (Lipinski definition) is 3. The van der Waals surface area contributed by atoms with Gasteiger partial charge in [0, 0.05) is 0 Å². The Bertz CT molecular complexity index is 1120. The Kier molecular flexibility index (Phi) is 8.07. The van der Waals surface area contributed by atoms with E-state index in [9.17, 15) is 4.79 Å². The Balaban J connectivity index is 1.23. The molecular formula is C31H26O3. The molecule has 0 bridgehead atoms. The van der Waals surface area contributed by atoms with Crippen molar-refractivity contribution in [2.45, 2.75) is 12.8 Å². The minimum absolute atomic E-state index is 0.448. The summed E-state index contributed by atoms with van der Waals surface area (Å²) in [6, 6.07) is 35.2. The molecule has 3 nitrogen and oxygen atoms in total. The van der Waals surface area contributed by atoms with Crippen molar-refractivity contribution in [2.75, 3.05) is 0 Å². The number of ether oxygens (including phenoxy) is 2. The smallest absolute Gasteiger partial charge is 0.395 e. The molecule has 3 heteroatoms. The van der Waals surface area contributed by atoms with Gasteiger partial charge in [0.05, 0.1) is 0 Å². The van der Waals surface area contributed by atoms with Crippen LogP contribution in [0.25, 0.3) is 12.2 Å². The molecule has 4 aromatic carbocycles. The van der Waals surface area contributed by atoms with Crippen molar-refractivity contribution in [1.82, 2.24) is 0 Å². The number of carbonyl (C=O) groups is 1. The lowest BCUT2D eigenvalue weighted by Crippen LogP contribution is -2.13. The lowest BCUT2D eigenvalue weighted by atomic mass is 10.1. The molecule has 168 valence electrons. The van der Waals surface area contributed by atoms with E-state index in [-0.39, 0.29) is 0 Å².